The number of aryl methyl sites for hydroxylation is 2. The maximum Gasteiger partial charge on any atom is 0.331 e. The quantitative estimate of drug-likeness (QED) is 0.841. The van der Waals surface area contributed by atoms with Gasteiger partial charge in [-0.25, -0.2) is 4.79 Å². The van der Waals surface area contributed by atoms with Crippen molar-refractivity contribution in [2.75, 3.05) is 0 Å². The van der Waals surface area contributed by atoms with Crippen LogP contribution in [0, 0.1) is 13.8 Å². The van der Waals surface area contributed by atoms with Crippen molar-refractivity contribution in [3.05, 3.63) is 50.9 Å². The zero-order chi connectivity index (χ0) is 14.2. The molecule has 0 fully saturated rings. The van der Waals surface area contributed by atoms with Gasteiger partial charge in [0.05, 0.1) is 10.9 Å². The Morgan fingerprint density at radius 1 is 1.32 bits per heavy atom. The molecule has 0 spiro atoms. The van der Waals surface area contributed by atoms with Crippen molar-refractivity contribution in [3.63, 3.8) is 0 Å². The van der Waals surface area contributed by atoms with Crippen LogP contribution in [0.25, 0.3) is 17.0 Å². The SMILES string of the molecule is C/C(=C\c1coc2cc(C)cc(C)c2c1=O)C(=O)O. The number of fused-ring (bicyclic) bond motifs is 1. The second-order valence-electron chi connectivity index (χ2n) is 4.61. The molecule has 0 aliphatic carbocycles. The highest BCUT2D eigenvalue weighted by atomic mass is 16.4. The van der Waals surface area contributed by atoms with Gasteiger partial charge in [-0.1, -0.05) is 6.07 Å². The van der Waals surface area contributed by atoms with Gasteiger partial charge in [0, 0.05) is 5.57 Å². The molecule has 0 aliphatic heterocycles. The molecule has 1 heterocycles. The number of aliphatic carboxylic acids is 1. The van der Waals surface area contributed by atoms with E-state index in [2.05, 4.69) is 0 Å². The molecule has 1 N–H and O–H groups in total. The monoisotopic (exact) mass is 258 g/mol. The van der Waals surface area contributed by atoms with Gasteiger partial charge in [0.1, 0.15) is 11.8 Å². The molecule has 0 bridgehead atoms. The van der Waals surface area contributed by atoms with Gasteiger partial charge in [0.25, 0.3) is 0 Å². The standard InChI is InChI=1S/C15H14O4/c1-8-4-9(2)13-12(5-8)19-7-11(14(13)16)6-10(3)15(17)18/h4-7H,1-3H3,(H,17,18)/b10-6+. The van der Waals surface area contributed by atoms with Crippen LogP contribution in [0.1, 0.15) is 23.6 Å². The summed E-state index contributed by atoms with van der Waals surface area (Å²) in [5, 5.41) is 9.34. The highest BCUT2D eigenvalue weighted by Crippen LogP contribution is 2.18. The summed E-state index contributed by atoms with van der Waals surface area (Å²) in [4.78, 5) is 23.1. The Morgan fingerprint density at radius 2 is 2.00 bits per heavy atom. The molecule has 98 valence electrons. The average Bonchev–Trinajstić information content (AvgIpc) is 2.31. The Balaban J connectivity index is 2.75. The fraction of sp³-hybridized carbons (Fsp3) is 0.200. The van der Waals surface area contributed by atoms with Crippen molar-refractivity contribution in [2.45, 2.75) is 20.8 Å². The van der Waals surface area contributed by atoms with E-state index in [1.807, 2.05) is 19.9 Å². The molecule has 4 nitrogen and oxygen atoms in total. The van der Waals surface area contributed by atoms with Crippen LogP contribution in [-0.4, -0.2) is 11.1 Å². The molecular weight excluding hydrogens is 244 g/mol. The second-order valence-corrected chi connectivity index (χ2v) is 4.61. The van der Waals surface area contributed by atoms with Crippen molar-refractivity contribution >= 4 is 23.0 Å². The zero-order valence-corrected chi connectivity index (χ0v) is 11.0. The lowest BCUT2D eigenvalue weighted by atomic mass is 10.0. The molecule has 1 aromatic heterocycles. The number of benzene rings is 1. The van der Waals surface area contributed by atoms with Crippen LogP contribution in [0.2, 0.25) is 0 Å². The smallest absolute Gasteiger partial charge is 0.331 e. The van der Waals surface area contributed by atoms with Crippen LogP contribution in [0.5, 0.6) is 0 Å². The van der Waals surface area contributed by atoms with Crippen molar-refractivity contribution in [3.8, 4) is 0 Å². The van der Waals surface area contributed by atoms with E-state index in [0.29, 0.717) is 11.0 Å². The van der Waals surface area contributed by atoms with Gasteiger partial charge in [-0.05, 0) is 44.0 Å². The molecule has 0 saturated heterocycles. The lowest BCUT2D eigenvalue weighted by Gasteiger charge is -2.04. The maximum absolute atomic E-state index is 12.3. The topological polar surface area (TPSA) is 67.5 Å². The molecule has 0 amide bonds. The number of carboxylic acid groups (broad SMARTS) is 1. The molecule has 0 unspecified atom stereocenters. The van der Waals surface area contributed by atoms with Gasteiger partial charge in [-0.3, -0.25) is 4.79 Å². The first kappa shape index (κ1) is 13.1. The van der Waals surface area contributed by atoms with Crippen molar-refractivity contribution in [1.82, 2.24) is 0 Å². The first-order valence-corrected chi connectivity index (χ1v) is 5.84. The number of rotatable bonds is 2. The molecular formula is C15H14O4. The number of hydrogen-bond donors (Lipinski definition) is 1. The normalized spacial score (nSPS) is 11.8. The highest BCUT2D eigenvalue weighted by molar-refractivity contribution is 5.92. The molecule has 2 rings (SSSR count). The first-order valence-electron chi connectivity index (χ1n) is 5.84. The van der Waals surface area contributed by atoms with E-state index in [1.165, 1.54) is 19.3 Å². The van der Waals surface area contributed by atoms with Gasteiger partial charge in [-0.15, -0.1) is 0 Å². The summed E-state index contributed by atoms with van der Waals surface area (Å²) in [5.41, 5.74) is 2.49. The van der Waals surface area contributed by atoms with E-state index in [9.17, 15) is 9.59 Å². The van der Waals surface area contributed by atoms with E-state index in [0.717, 1.165) is 11.1 Å². The van der Waals surface area contributed by atoms with Crippen molar-refractivity contribution in [1.29, 1.82) is 0 Å². The van der Waals surface area contributed by atoms with E-state index in [1.54, 1.807) is 6.07 Å². The van der Waals surface area contributed by atoms with Crippen LogP contribution in [0.3, 0.4) is 0 Å². The van der Waals surface area contributed by atoms with E-state index in [4.69, 9.17) is 9.52 Å². The number of hydrogen-bond acceptors (Lipinski definition) is 3. The van der Waals surface area contributed by atoms with E-state index in [-0.39, 0.29) is 16.6 Å². The number of carbonyl (C=O) groups is 1. The summed E-state index contributed by atoms with van der Waals surface area (Å²) in [6.45, 7) is 5.20. The Hall–Kier alpha value is -2.36. The minimum atomic E-state index is -1.06. The first-order chi connectivity index (χ1) is 8.90. The van der Waals surface area contributed by atoms with Crippen LogP contribution >= 0.6 is 0 Å². The molecule has 4 heteroatoms. The predicted octanol–water partition coefficient (Wildman–Crippen LogP) is 2.90. The van der Waals surface area contributed by atoms with Crippen molar-refractivity contribution < 1.29 is 14.3 Å². The highest BCUT2D eigenvalue weighted by Gasteiger charge is 2.10. The van der Waals surface area contributed by atoms with Crippen LogP contribution < -0.4 is 5.43 Å². The van der Waals surface area contributed by atoms with Crippen LogP contribution in [-0.2, 0) is 4.79 Å². The van der Waals surface area contributed by atoms with Gasteiger partial charge < -0.3 is 9.52 Å². The molecule has 19 heavy (non-hydrogen) atoms. The molecule has 0 atom stereocenters. The van der Waals surface area contributed by atoms with Gasteiger partial charge >= 0.3 is 5.97 Å². The van der Waals surface area contributed by atoms with Gasteiger partial charge in [0.15, 0.2) is 5.43 Å². The van der Waals surface area contributed by atoms with E-state index < -0.39 is 5.97 Å². The van der Waals surface area contributed by atoms with E-state index >= 15 is 0 Å². The van der Waals surface area contributed by atoms with Crippen LogP contribution in [0.4, 0.5) is 0 Å². The summed E-state index contributed by atoms with van der Waals surface area (Å²) in [6.07, 6.45) is 2.63. The molecule has 0 saturated carbocycles. The minimum absolute atomic E-state index is 0.0939. The minimum Gasteiger partial charge on any atom is -0.478 e. The Morgan fingerprint density at radius 3 is 2.63 bits per heavy atom. The zero-order valence-electron chi connectivity index (χ0n) is 11.0. The summed E-state index contributed by atoms with van der Waals surface area (Å²) >= 11 is 0. The fourth-order valence-corrected chi connectivity index (χ4v) is 2.03. The van der Waals surface area contributed by atoms with Gasteiger partial charge in [0.2, 0.25) is 0 Å². The summed E-state index contributed by atoms with van der Waals surface area (Å²) in [5.74, 6) is -1.06. The third-order valence-corrected chi connectivity index (χ3v) is 2.96. The molecule has 0 aliphatic rings. The largest absolute Gasteiger partial charge is 0.478 e. The molecule has 0 radical (unpaired) electrons. The molecule has 2 aromatic rings. The van der Waals surface area contributed by atoms with Gasteiger partial charge in [-0.2, -0.15) is 0 Å². The second kappa shape index (κ2) is 4.72. The maximum atomic E-state index is 12.3. The predicted molar refractivity (Wildman–Crippen MR) is 73.2 cm³/mol. The Kier molecular flexibility index (Phi) is 3.25. The Labute approximate surface area is 110 Å². The van der Waals surface area contributed by atoms with Crippen molar-refractivity contribution in [2.24, 2.45) is 0 Å². The Bertz CT molecular complexity index is 751. The lowest BCUT2D eigenvalue weighted by Crippen LogP contribution is -2.08. The fourth-order valence-electron chi connectivity index (χ4n) is 2.03. The molecule has 1 aromatic carbocycles. The summed E-state index contributed by atoms with van der Waals surface area (Å²) < 4.78 is 5.43. The number of carboxylic acids is 1. The summed E-state index contributed by atoms with van der Waals surface area (Å²) in [7, 11) is 0. The third-order valence-electron chi connectivity index (χ3n) is 2.96. The van der Waals surface area contributed by atoms with Crippen LogP contribution in [0.15, 0.2) is 33.2 Å². The third kappa shape index (κ3) is 2.42. The average molecular weight is 258 g/mol. The lowest BCUT2D eigenvalue weighted by molar-refractivity contribution is -0.132. The summed E-state index contributed by atoms with van der Waals surface area (Å²) in [6, 6.07) is 3.69.